The van der Waals surface area contributed by atoms with E-state index < -0.39 is 17.7 Å². The second kappa shape index (κ2) is 7.18. The molecule has 1 aliphatic rings. The molecule has 0 spiro atoms. The molecular weight excluding hydrogens is 398 g/mol. The van der Waals surface area contributed by atoms with Crippen molar-refractivity contribution in [2.24, 2.45) is 0 Å². The molecule has 1 fully saturated rings. The predicted molar refractivity (Wildman–Crippen MR) is 107 cm³/mol. The van der Waals surface area contributed by atoms with Crippen molar-refractivity contribution in [3.05, 3.63) is 81.3 Å². The fourth-order valence-corrected chi connectivity index (χ4v) is 3.94. The van der Waals surface area contributed by atoms with Gasteiger partial charge in [-0.05, 0) is 24.6 Å². The molecule has 1 aliphatic heterocycles. The number of aliphatic hydroxyl groups excluding tert-OH is 1. The van der Waals surface area contributed by atoms with Gasteiger partial charge in [0.25, 0.3) is 5.78 Å². The van der Waals surface area contributed by atoms with Gasteiger partial charge in [-0.3, -0.25) is 14.5 Å². The van der Waals surface area contributed by atoms with Gasteiger partial charge in [0.05, 0.1) is 11.6 Å². The molecule has 3 aromatic rings. The normalized spacial score (nSPS) is 18.6. The molecule has 1 aromatic heterocycles. The van der Waals surface area contributed by atoms with Gasteiger partial charge in [-0.25, -0.2) is 0 Å². The number of carbonyl (C=O) groups is 2. The number of carbonyl (C=O) groups excluding carboxylic acids is 2. The summed E-state index contributed by atoms with van der Waals surface area (Å²) < 4.78 is 0. The number of hydrogen-bond donors (Lipinski definition) is 1. The van der Waals surface area contributed by atoms with Crippen LogP contribution in [0.2, 0.25) is 5.02 Å². The van der Waals surface area contributed by atoms with Crippen LogP contribution in [0.4, 0.5) is 5.13 Å². The lowest BCUT2D eigenvalue weighted by Gasteiger charge is -2.22. The zero-order chi connectivity index (χ0) is 19.8. The highest BCUT2D eigenvalue weighted by Gasteiger charge is 2.48. The molecule has 1 amide bonds. The van der Waals surface area contributed by atoms with Crippen LogP contribution in [0, 0.1) is 6.92 Å². The second-order valence-corrected chi connectivity index (χ2v) is 7.56. The van der Waals surface area contributed by atoms with Crippen molar-refractivity contribution >= 4 is 45.5 Å². The zero-order valence-electron chi connectivity index (χ0n) is 14.7. The largest absolute Gasteiger partial charge is 0.507 e. The Balaban J connectivity index is 1.95. The first-order valence-corrected chi connectivity index (χ1v) is 9.63. The molecule has 1 atom stereocenters. The van der Waals surface area contributed by atoms with Crippen molar-refractivity contribution in [1.82, 2.24) is 10.2 Å². The van der Waals surface area contributed by atoms with Gasteiger partial charge < -0.3 is 5.11 Å². The Morgan fingerprint density at radius 2 is 1.93 bits per heavy atom. The van der Waals surface area contributed by atoms with Gasteiger partial charge in [0, 0.05) is 10.6 Å². The average Bonchev–Trinajstić information content (AvgIpc) is 3.29. The van der Waals surface area contributed by atoms with Crippen molar-refractivity contribution in [3.63, 3.8) is 0 Å². The third kappa shape index (κ3) is 3.08. The Morgan fingerprint density at radius 1 is 1.18 bits per heavy atom. The minimum absolute atomic E-state index is 0.00804. The molecule has 6 nitrogen and oxygen atoms in total. The fourth-order valence-electron chi connectivity index (χ4n) is 3.16. The topological polar surface area (TPSA) is 83.4 Å². The summed E-state index contributed by atoms with van der Waals surface area (Å²) in [5.74, 6) is -1.79. The first-order chi connectivity index (χ1) is 13.5. The minimum Gasteiger partial charge on any atom is -0.507 e. The molecule has 0 bridgehead atoms. The standard InChI is InChI=1S/C20H14ClN3O3S/c1-11-5-7-12(8-6-11)17(25)15-16(13-3-2-4-14(21)9-13)24(19(27)18(15)26)20-23-22-10-28-20/h2-10,16,25H,1H3/b17-15+/t16-/m1/s1. The van der Waals surface area contributed by atoms with E-state index in [1.54, 1.807) is 36.4 Å². The third-order valence-electron chi connectivity index (χ3n) is 4.49. The molecule has 1 N–H and O–H groups in total. The summed E-state index contributed by atoms with van der Waals surface area (Å²) in [4.78, 5) is 26.9. The number of halogens is 1. The number of rotatable bonds is 3. The minimum atomic E-state index is -0.854. The molecule has 28 heavy (non-hydrogen) atoms. The summed E-state index contributed by atoms with van der Waals surface area (Å²) in [7, 11) is 0. The highest BCUT2D eigenvalue weighted by Crippen LogP contribution is 2.42. The number of nitrogens with zero attached hydrogens (tertiary/aromatic N) is 3. The molecule has 0 aliphatic carbocycles. The highest BCUT2D eigenvalue weighted by molar-refractivity contribution is 7.13. The van der Waals surface area contributed by atoms with Crippen molar-refractivity contribution in [3.8, 4) is 0 Å². The quantitative estimate of drug-likeness (QED) is 0.398. The number of Topliss-reactive ketones (excluding diaryl/α,β-unsaturated/α-hetero) is 1. The summed E-state index contributed by atoms with van der Waals surface area (Å²) >= 11 is 7.27. The maximum Gasteiger partial charge on any atom is 0.301 e. The molecule has 1 saturated heterocycles. The number of ketones is 1. The number of anilines is 1. The van der Waals surface area contributed by atoms with E-state index in [-0.39, 0.29) is 16.5 Å². The van der Waals surface area contributed by atoms with Crippen LogP contribution >= 0.6 is 22.9 Å². The van der Waals surface area contributed by atoms with Gasteiger partial charge in [-0.1, -0.05) is 64.9 Å². The van der Waals surface area contributed by atoms with Crippen LogP contribution in [0.15, 0.2) is 59.6 Å². The lowest BCUT2D eigenvalue weighted by molar-refractivity contribution is -0.132. The van der Waals surface area contributed by atoms with Crippen LogP contribution in [0.1, 0.15) is 22.7 Å². The van der Waals surface area contributed by atoms with Crippen molar-refractivity contribution in [2.45, 2.75) is 13.0 Å². The van der Waals surface area contributed by atoms with Gasteiger partial charge in [0.2, 0.25) is 5.13 Å². The predicted octanol–water partition coefficient (Wildman–Crippen LogP) is 4.13. The summed E-state index contributed by atoms with van der Waals surface area (Å²) in [6.07, 6.45) is 0. The molecule has 4 rings (SSSR count). The lowest BCUT2D eigenvalue weighted by Crippen LogP contribution is -2.29. The van der Waals surface area contributed by atoms with E-state index in [9.17, 15) is 14.7 Å². The summed E-state index contributed by atoms with van der Waals surface area (Å²) in [5.41, 5.74) is 3.52. The van der Waals surface area contributed by atoms with Crippen LogP contribution in [0.5, 0.6) is 0 Å². The Labute approximate surface area is 169 Å². The van der Waals surface area contributed by atoms with E-state index in [1.807, 2.05) is 19.1 Å². The molecule has 0 unspecified atom stereocenters. The number of aliphatic hydroxyl groups is 1. The summed E-state index contributed by atoms with van der Waals surface area (Å²) in [5, 5.41) is 19.4. The zero-order valence-corrected chi connectivity index (χ0v) is 16.2. The van der Waals surface area contributed by atoms with Crippen molar-refractivity contribution in [1.29, 1.82) is 0 Å². The monoisotopic (exact) mass is 411 g/mol. The van der Waals surface area contributed by atoms with Crippen molar-refractivity contribution < 1.29 is 14.7 Å². The second-order valence-electron chi connectivity index (χ2n) is 6.31. The number of amides is 1. The van der Waals surface area contributed by atoms with E-state index in [0.29, 0.717) is 16.1 Å². The fraction of sp³-hybridized carbons (Fsp3) is 0.100. The molecule has 140 valence electrons. The number of aryl methyl sites for hydroxylation is 1. The van der Waals surface area contributed by atoms with E-state index in [1.165, 1.54) is 10.4 Å². The number of aromatic nitrogens is 2. The lowest BCUT2D eigenvalue weighted by atomic mass is 9.95. The molecule has 0 radical (unpaired) electrons. The van der Waals surface area contributed by atoms with E-state index >= 15 is 0 Å². The first kappa shape index (κ1) is 18.3. The molecule has 8 heteroatoms. The van der Waals surface area contributed by atoms with Gasteiger partial charge in [-0.15, -0.1) is 10.2 Å². The van der Waals surface area contributed by atoms with Crippen LogP contribution in [-0.4, -0.2) is 27.0 Å². The molecular formula is C20H14ClN3O3S. The number of hydrogen-bond acceptors (Lipinski definition) is 6. The van der Waals surface area contributed by atoms with Gasteiger partial charge in [0.1, 0.15) is 11.3 Å². The highest BCUT2D eigenvalue weighted by atomic mass is 35.5. The summed E-state index contributed by atoms with van der Waals surface area (Å²) in [6.45, 7) is 1.92. The number of benzene rings is 2. The molecule has 2 heterocycles. The summed E-state index contributed by atoms with van der Waals surface area (Å²) in [6, 6.07) is 13.0. The van der Waals surface area contributed by atoms with Crippen LogP contribution in [0.3, 0.4) is 0 Å². The van der Waals surface area contributed by atoms with E-state index in [2.05, 4.69) is 10.2 Å². The molecule has 2 aromatic carbocycles. The first-order valence-electron chi connectivity index (χ1n) is 8.37. The van der Waals surface area contributed by atoms with Crippen molar-refractivity contribution in [2.75, 3.05) is 4.90 Å². The van der Waals surface area contributed by atoms with Gasteiger partial charge >= 0.3 is 5.91 Å². The van der Waals surface area contributed by atoms with E-state index in [4.69, 9.17) is 11.6 Å². The Morgan fingerprint density at radius 3 is 2.57 bits per heavy atom. The van der Waals surface area contributed by atoms with Crippen LogP contribution in [0.25, 0.3) is 5.76 Å². The smallest absolute Gasteiger partial charge is 0.301 e. The maximum atomic E-state index is 12.9. The average molecular weight is 412 g/mol. The maximum absolute atomic E-state index is 12.9. The Hall–Kier alpha value is -3.03. The van der Waals surface area contributed by atoms with E-state index in [0.717, 1.165) is 16.9 Å². The van der Waals surface area contributed by atoms with Crippen LogP contribution in [-0.2, 0) is 9.59 Å². The van der Waals surface area contributed by atoms with Gasteiger partial charge in [-0.2, -0.15) is 0 Å². The Kier molecular flexibility index (Phi) is 4.70. The van der Waals surface area contributed by atoms with Gasteiger partial charge in [0.15, 0.2) is 0 Å². The molecule has 0 saturated carbocycles. The SMILES string of the molecule is Cc1ccc(/C(O)=C2\C(=O)C(=O)N(c3nncs3)[C@@H]2c2cccc(Cl)c2)cc1. The third-order valence-corrected chi connectivity index (χ3v) is 5.41. The van der Waals surface area contributed by atoms with Crippen LogP contribution < -0.4 is 4.90 Å². The Bertz CT molecular complexity index is 1090.